The predicted octanol–water partition coefficient (Wildman–Crippen LogP) is 2.81. The third-order valence-corrected chi connectivity index (χ3v) is 3.71. The van der Waals surface area contributed by atoms with E-state index < -0.39 is 23.1 Å². The second-order valence-electron chi connectivity index (χ2n) is 5.31. The average molecular weight is 268 g/mol. The fraction of sp³-hybridized carbons (Fsp3) is 0.500. The van der Waals surface area contributed by atoms with Gasteiger partial charge in [-0.3, -0.25) is 4.79 Å². The lowest BCUT2D eigenvalue weighted by atomic mass is 9.94. The van der Waals surface area contributed by atoms with Crippen LogP contribution in [-0.2, 0) is 0 Å². The number of carbonyl (C=O) groups excluding carboxylic acids is 1. The summed E-state index contributed by atoms with van der Waals surface area (Å²) in [6, 6.07) is 2.15. The third kappa shape index (κ3) is 2.55. The van der Waals surface area contributed by atoms with E-state index in [2.05, 4.69) is 0 Å². The summed E-state index contributed by atoms with van der Waals surface area (Å²) in [5, 5.41) is 0. The van der Waals surface area contributed by atoms with Gasteiger partial charge in [-0.05, 0) is 37.8 Å². The van der Waals surface area contributed by atoms with Gasteiger partial charge in [-0.15, -0.1) is 0 Å². The minimum Gasteiger partial charge on any atom is -0.396 e. The van der Waals surface area contributed by atoms with E-state index in [0.29, 0.717) is 12.5 Å². The van der Waals surface area contributed by atoms with Crippen molar-refractivity contribution in [2.24, 2.45) is 5.92 Å². The average Bonchev–Trinajstić information content (AvgIpc) is 2.37. The SMILES string of the molecule is CC1CCC(C)N(C(=O)c2c(F)ccc(N)c2F)C1. The molecule has 0 saturated carbocycles. The van der Waals surface area contributed by atoms with Crippen molar-refractivity contribution in [1.82, 2.24) is 4.90 Å². The number of nitrogens with two attached hydrogens (primary N) is 1. The topological polar surface area (TPSA) is 46.3 Å². The minimum absolute atomic E-state index is 0.0102. The molecule has 0 aliphatic carbocycles. The molecule has 3 nitrogen and oxygen atoms in total. The van der Waals surface area contributed by atoms with E-state index in [1.807, 2.05) is 13.8 Å². The molecule has 0 spiro atoms. The molecule has 1 aliphatic rings. The summed E-state index contributed by atoms with van der Waals surface area (Å²) in [5.41, 5.74) is 4.66. The number of rotatable bonds is 1. The van der Waals surface area contributed by atoms with Crippen LogP contribution in [0.5, 0.6) is 0 Å². The van der Waals surface area contributed by atoms with Gasteiger partial charge in [0.25, 0.3) is 5.91 Å². The molecule has 1 aromatic carbocycles. The molecule has 0 aromatic heterocycles. The molecule has 1 amide bonds. The number of likely N-dealkylation sites (tertiary alicyclic amines) is 1. The highest BCUT2D eigenvalue weighted by Crippen LogP contribution is 2.26. The molecule has 104 valence electrons. The Bertz CT molecular complexity index is 504. The van der Waals surface area contributed by atoms with Crippen LogP contribution >= 0.6 is 0 Å². The van der Waals surface area contributed by atoms with Gasteiger partial charge >= 0.3 is 0 Å². The molecule has 1 aliphatic heterocycles. The van der Waals surface area contributed by atoms with Crippen LogP contribution in [0.2, 0.25) is 0 Å². The van der Waals surface area contributed by atoms with Crippen molar-refractivity contribution in [3.8, 4) is 0 Å². The van der Waals surface area contributed by atoms with Crippen LogP contribution in [0.15, 0.2) is 12.1 Å². The number of amides is 1. The summed E-state index contributed by atoms with van der Waals surface area (Å²) in [4.78, 5) is 13.9. The van der Waals surface area contributed by atoms with Gasteiger partial charge in [0.15, 0.2) is 5.82 Å². The van der Waals surface area contributed by atoms with Crippen LogP contribution in [0.25, 0.3) is 0 Å². The highest BCUT2D eigenvalue weighted by molar-refractivity contribution is 5.96. The molecule has 2 unspecified atom stereocenters. The Hall–Kier alpha value is -1.65. The van der Waals surface area contributed by atoms with Crippen LogP contribution in [0.1, 0.15) is 37.0 Å². The highest BCUT2D eigenvalue weighted by atomic mass is 19.1. The Labute approximate surface area is 111 Å². The van der Waals surface area contributed by atoms with E-state index in [9.17, 15) is 13.6 Å². The zero-order valence-electron chi connectivity index (χ0n) is 11.1. The monoisotopic (exact) mass is 268 g/mol. The van der Waals surface area contributed by atoms with Crippen molar-refractivity contribution in [2.45, 2.75) is 32.7 Å². The van der Waals surface area contributed by atoms with E-state index >= 15 is 0 Å². The molecule has 1 fully saturated rings. The molecule has 1 heterocycles. The first-order valence-electron chi connectivity index (χ1n) is 6.46. The lowest BCUT2D eigenvalue weighted by molar-refractivity contribution is 0.0564. The summed E-state index contributed by atoms with van der Waals surface area (Å²) >= 11 is 0. The number of benzene rings is 1. The molecule has 5 heteroatoms. The number of nitrogen functional groups attached to an aromatic ring is 1. The van der Waals surface area contributed by atoms with E-state index in [1.165, 1.54) is 4.90 Å². The maximum atomic E-state index is 13.9. The predicted molar refractivity (Wildman–Crippen MR) is 69.7 cm³/mol. The molecule has 0 bridgehead atoms. The zero-order chi connectivity index (χ0) is 14.2. The number of hydrogen-bond acceptors (Lipinski definition) is 2. The van der Waals surface area contributed by atoms with Crippen molar-refractivity contribution >= 4 is 11.6 Å². The first kappa shape index (κ1) is 13.8. The zero-order valence-corrected chi connectivity index (χ0v) is 11.1. The largest absolute Gasteiger partial charge is 0.396 e. The first-order valence-corrected chi connectivity index (χ1v) is 6.46. The standard InChI is InChI=1S/C14H18F2N2O/c1-8-3-4-9(2)18(7-8)14(19)12-10(15)5-6-11(17)13(12)16/h5-6,8-9H,3-4,7,17H2,1-2H3. The van der Waals surface area contributed by atoms with Gasteiger partial charge in [-0.25, -0.2) is 8.78 Å². The van der Waals surface area contributed by atoms with E-state index in [0.717, 1.165) is 25.0 Å². The Morgan fingerprint density at radius 1 is 1.32 bits per heavy atom. The van der Waals surface area contributed by atoms with Crippen LogP contribution in [0.3, 0.4) is 0 Å². The van der Waals surface area contributed by atoms with Gasteiger partial charge in [-0.2, -0.15) is 0 Å². The Morgan fingerprint density at radius 3 is 2.68 bits per heavy atom. The minimum atomic E-state index is -0.963. The number of hydrogen-bond donors (Lipinski definition) is 1. The van der Waals surface area contributed by atoms with Gasteiger partial charge in [0, 0.05) is 12.6 Å². The summed E-state index contributed by atoms with van der Waals surface area (Å²) in [7, 11) is 0. The summed E-state index contributed by atoms with van der Waals surface area (Å²) in [6.07, 6.45) is 1.87. The molecule has 2 N–H and O–H groups in total. The van der Waals surface area contributed by atoms with Crippen molar-refractivity contribution < 1.29 is 13.6 Å². The number of piperidine rings is 1. The maximum absolute atomic E-state index is 13.9. The summed E-state index contributed by atoms with van der Waals surface area (Å²) in [6.45, 7) is 4.44. The molecule has 1 saturated heterocycles. The molecule has 0 radical (unpaired) electrons. The summed E-state index contributed by atoms with van der Waals surface area (Å²) < 4.78 is 27.6. The lowest BCUT2D eigenvalue weighted by Gasteiger charge is -2.37. The highest BCUT2D eigenvalue weighted by Gasteiger charge is 2.31. The smallest absolute Gasteiger partial charge is 0.260 e. The van der Waals surface area contributed by atoms with E-state index in [-0.39, 0.29) is 11.7 Å². The lowest BCUT2D eigenvalue weighted by Crippen LogP contribution is -2.45. The van der Waals surface area contributed by atoms with E-state index in [4.69, 9.17) is 5.73 Å². The van der Waals surface area contributed by atoms with Crippen molar-refractivity contribution in [3.63, 3.8) is 0 Å². The molecule has 2 rings (SSSR count). The molecule has 2 atom stereocenters. The number of carbonyl (C=O) groups is 1. The van der Waals surface area contributed by atoms with Gasteiger partial charge in [0.2, 0.25) is 0 Å². The van der Waals surface area contributed by atoms with Crippen LogP contribution in [-0.4, -0.2) is 23.4 Å². The summed E-state index contributed by atoms with van der Waals surface area (Å²) in [5.74, 6) is -2.09. The van der Waals surface area contributed by atoms with E-state index in [1.54, 1.807) is 0 Å². The van der Waals surface area contributed by atoms with Crippen LogP contribution < -0.4 is 5.73 Å². The Kier molecular flexibility index (Phi) is 3.73. The first-order chi connectivity index (χ1) is 8.91. The van der Waals surface area contributed by atoms with Gasteiger partial charge < -0.3 is 10.6 Å². The van der Waals surface area contributed by atoms with Gasteiger partial charge in [0.05, 0.1) is 5.69 Å². The normalized spacial score (nSPS) is 23.5. The second kappa shape index (κ2) is 5.15. The fourth-order valence-corrected chi connectivity index (χ4v) is 2.48. The van der Waals surface area contributed by atoms with Crippen LogP contribution in [0.4, 0.5) is 14.5 Å². The molecule has 1 aromatic rings. The number of nitrogens with zero attached hydrogens (tertiary/aromatic N) is 1. The fourth-order valence-electron chi connectivity index (χ4n) is 2.48. The molecular formula is C14H18F2N2O. The third-order valence-electron chi connectivity index (χ3n) is 3.71. The number of anilines is 1. The van der Waals surface area contributed by atoms with Crippen molar-refractivity contribution in [2.75, 3.05) is 12.3 Å². The number of halogens is 2. The van der Waals surface area contributed by atoms with Gasteiger partial charge in [0.1, 0.15) is 11.4 Å². The molecular weight excluding hydrogens is 250 g/mol. The second-order valence-corrected chi connectivity index (χ2v) is 5.31. The van der Waals surface area contributed by atoms with Crippen molar-refractivity contribution in [3.05, 3.63) is 29.3 Å². The van der Waals surface area contributed by atoms with Crippen molar-refractivity contribution in [1.29, 1.82) is 0 Å². The van der Waals surface area contributed by atoms with Crippen LogP contribution in [0, 0.1) is 17.6 Å². The Morgan fingerprint density at radius 2 is 2.00 bits per heavy atom. The van der Waals surface area contributed by atoms with Gasteiger partial charge in [-0.1, -0.05) is 6.92 Å². The maximum Gasteiger partial charge on any atom is 0.260 e. The quantitative estimate of drug-likeness (QED) is 0.796. The Balaban J connectivity index is 2.36. The molecule has 19 heavy (non-hydrogen) atoms.